The highest BCUT2D eigenvalue weighted by Gasteiger charge is 2.32. The highest BCUT2D eigenvalue weighted by atomic mass is 32.2. The van der Waals surface area contributed by atoms with Crippen LogP contribution in [-0.4, -0.2) is 40.7 Å². The second-order valence-corrected chi connectivity index (χ2v) is 8.17. The Kier molecular flexibility index (Phi) is 7.03. The van der Waals surface area contributed by atoms with Crippen molar-refractivity contribution in [3.63, 3.8) is 0 Å². The molecule has 1 N–H and O–H groups in total. The lowest BCUT2D eigenvalue weighted by atomic mass is 10.2. The molecule has 1 aromatic heterocycles. The third-order valence-corrected chi connectivity index (χ3v) is 5.92. The normalized spacial score (nSPS) is 15.8. The van der Waals surface area contributed by atoms with Gasteiger partial charge in [-0.05, 0) is 66.7 Å². The van der Waals surface area contributed by atoms with E-state index in [2.05, 4.69) is 4.99 Å². The first-order valence-corrected chi connectivity index (χ1v) is 11.3. The lowest BCUT2D eigenvalue weighted by Gasteiger charge is -2.12. The van der Waals surface area contributed by atoms with Crippen LogP contribution in [0, 0.1) is 0 Å². The lowest BCUT2D eigenvalue weighted by Crippen LogP contribution is -2.28. The zero-order chi connectivity index (χ0) is 24.1. The van der Waals surface area contributed by atoms with E-state index in [0.29, 0.717) is 33.9 Å². The number of benzene rings is 2. The maximum atomic E-state index is 12.9. The van der Waals surface area contributed by atoms with E-state index in [4.69, 9.17) is 19.0 Å². The van der Waals surface area contributed by atoms with E-state index in [0.717, 1.165) is 11.3 Å². The third kappa shape index (κ3) is 5.15. The minimum atomic E-state index is -1.14. The van der Waals surface area contributed by atoms with Crippen LogP contribution in [0.5, 0.6) is 11.5 Å². The lowest BCUT2D eigenvalue weighted by molar-refractivity contribution is -0.122. The van der Waals surface area contributed by atoms with Crippen molar-refractivity contribution in [1.82, 2.24) is 4.90 Å². The van der Waals surface area contributed by atoms with Crippen LogP contribution in [0.4, 0.5) is 5.69 Å². The van der Waals surface area contributed by atoms with Crippen LogP contribution in [0.2, 0.25) is 0 Å². The molecule has 1 amide bonds. The number of aromatic carboxylic acids is 1. The highest BCUT2D eigenvalue weighted by Crippen LogP contribution is 2.36. The monoisotopic (exact) mass is 478 g/mol. The van der Waals surface area contributed by atoms with Crippen molar-refractivity contribution in [2.75, 3.05) is 13.7 Å². The fourth-order valence-electron chi connectivity index (χ4n) is 3.25. The number of ether oxygens (including phenoxy) is 2. The number of para-hydroxylation sites is 1. The van der Waals surface area contributed by atoms with E-state index in [1.807, 2.05) is 43.3 Å². The molecule has 4 rings (SSSR count). The second kappa shape index (κ2) is 10.3. The summed E-state index contributed by atoms with van der Waals surface area (Å²) in [4.78, 5) is 30.7. The summed E-state index contributed by atoms with van der Waals surface area (Å²) in [6.07, 6.45) is 1.79. The number of carbonyl (C=O) groups is 2. The van der Waals surface area contributed by atoms with Crippen LogP contribution in [0.3, 0.4) is 0 Å². The van der Waals surface area contributed by atoms with Crippen molar-refractivity contribution in [1.29, 1.82) is 0 Å². The Morgan fingerprint density at radius 3 is 2.62 bits per heavy atom. The van der Waals surface area contributed by atoms with Crippen molar-refractivity contribution in [3.8, 4) is 11.5 Å². The van der Waals surface area contributed by atoms with Gasteiger partial charge in [0, 0.05) is 6.54 Å². The van der Waals surface area contributed by atoms with Crippen LogP contribution >= 0.6 is 11.8 Å². The van der Waals surface area contributed by atoms with Crippen molar-refractivity contribution >= 4 is 40.6 Å². The largest absolute Gasteiger partial charge is 0.493 e. The summed E-state index contributed by atoms with van der Waals surface area (Å²) in [6, 6.07) is 17.7. The summed E-state index contributed by atoms with van der Waals surface area (Å²) >= 11 is 1.33. The van der Waals surface area contributed by atoms with Crippen molar-refractivity contribution in [2.24, 2.45) is 4.99 Å². The standard InChI is InChI=1S/C25H22N2O6S/c1-3-27-23(28)22(34-25(27)26-17-7-5-4-6-8-17)14-16-9-11-19(21(13-16)31-2)32-15-18-10-12-20(33-18)24(29)30/h4-14H,3,15H2,1-2H3,(H,29,30). The van der Waals surface area contributed by atoms with Gasteiger partial charge in [-0.3, -0.25) is 9.69 Å². The molecule has 0 atom stereocenters. The molecule has 3 aromatic rings. The van der Waals surface area contributed by atoms with Gasteiger partial charge in [0.25, 0.3) is 5.91 Å². The Labute approximate surface area is 200 Å². The fourth-order valence-corrected chi connectivity index (χ4v) is 4.31. The van der Waals surface area contributed by atoms with Gasteiger partial charge in [0.15, 0.2) is 16.7 Å². The minimum Gasteiger partial charge on any atom is -0.493 e. The van der Waals surface area contributed by atoms with Gasteiger partial charge < -0.3 is 19.0 Å². The number of carboxylic acid groups (broad SMARTS) is 1. The molecule has 1 aliphatic rings. The van der Waals surface area contributed by atoms with Gasteiger partial charge >= 0.3 is 5.97 Å². The molecule has 9 heteroatoms. The topological polar surface area (TPSA) is 102 Å². The molecule has 0 unspecified atom stereocenters. The molecular formula is C25H22N2O6S. The Balaban J connectivity index is 1.52. The number of furan rings is 1. The van der Waals surface area contributed by atoms with Crippen molar-refractivity contribution in [2.45, 2.75) is 13.5 Å². The smallest absolute Gasteiger partial charge is 0.371 e. The number of thioether (sulfide) groups is 1. The maximum Gasteiger partial charge on any atom is 0.371 e. The van der Waals surface area contributed by atoms with E-state index < -0.39 is 5.97 Å². The summed E-state index contributed by atoms with van der Waals surface area (Å²) < 4.78 is 16.4. The molecule has 2 aromatic carbocycles. The summed E-state index contributed by atoms with van der Waals surface area (Å²) in [6.45, 7) is 2.47. The first kappa shape index (κ1) is 23.2. The van der Waals surface area contributed by atoms with E-state index in [1.54, 1.807) is 29.2 Å². The number of aliphatic imine (C=N–C) groups is 1. The predicted molar refractivity (Wildman–Crippen MR) is 129 cm³/mol. The molecule has 0 bridgehead atoms. The maximum absolute atomic E-state index is 12.9. The van der Waals surface area contributed by atoms with Crippen LogP contribution in [0.1, 0.15) is 28.8 Å². The Bertz CT molecular complexity index is 1270. The SMILES string of the molecule is CCN1C(=O)C(=Cc2ccc(OCc3ccc(C(=O)O)o3)c(OC)c2)SC1=Nc1ccccc1. The quantitative estimate of drug-likeness (QED) is 0.445. The highest BCUT2D eigenvalue weighted by molar-refractivity contribution is 8.18. The number of amidine groups is 1. The molecule has 1 saturated heterocycles. The van der Waals surface area contributed by atoms with Gasteiger partial charge in [0.05, 0.1) is 17.7 Å². The molecule has 1 aliphatic heterocycles. The van der Waals surface area contributed by atoms with E-state index in [9.17, 15) is 9.59 Å². The fraction of sp³-hybridized carbons (Fsp3) is 0.160. The van der Waals surface area contributed by atoms with E-state index in [-0.39, 0.29) is 18.3 Å². The number of carbonyl (C=O) groups excluding carboxylic acids is 1. The van der Waals surface area contributed by atoms with Crippen LogP contribution in [0.15, 0.2) is 75.0 Å². The average molecular weight is 479 g/mol. The number of hydrogen-bond acceptors (Lipinski definition) is 7. The summed E-state index contributed by atoms with van der Waals surface area (Å²) in [5, 5.41) is 9.59. The zero-order valence-corrected chi connectivity index (χ0v) is 19.4. The molecule has 34 heavy (non-hydrogen) atoms. The van der Waals surface area contributed by atoms with Crippen molar-refractivity contribution < 1.29 is 28.6 Å². The third-order valence-electron chi connectivity index (χ3n) is 4.91. The number of rotatable bonds is 8. The molecule has 174 valence electrons. The van der Waals surface area contributed by atoms with Gasteiger partial charge in [0.1, 0.15) is 12.4 Å². The van der Waals surface area contributed by atoms with Gasteiger partial charge in [-0.25, -0.2) is 9.79 Å². The van der Waals surface area contributed by atoms with Gasteiger partial charge in [-0.1, -0.05) is 24.3 Å². The Morgan fingerprint density at radius 1 is 1.15 bits per heavy atom. The van der Waals surface area contributed by atoms with Gasteiger partial charge in [0.2, 0.25) is 5.76 Å². The molecule has 0 spiro atoms. The molecule has 1 fully saturated rings. The van der Waals surface area contributed by atoms with Gasteiger partial charge in [-0.15, -0.1) is 0 Å². The summed E-state index contributed by atoms with van der Waals surface area (Å²) in [5.41, 5.74) is 1.55. The number of hydrogen-bond donors (Lipinski definition) is 1. The number of nitrogens with zero attached hydrogens (tertiary/aromatic N) is 2. The zero-order valence-electron chi connectivity index (χ0n) is 18.6. The second-order valence-electron chi connectivity index (χ2n) is 7.16. The molecule has 0 saturated carbocycles. The number of amides is 1. The molecule has 0 aliphatic carbocycles. The molecule has 0 radical (unpaired) electrons. The number of carboxylic acids is 1. The Morgan fingerprint density at radius 2 is 1.94 bits per heavy atom. The first-order valence-electron chi connectivity index (χ1n) is 10.5. The Hall–Kier alpha value is -3.98. The van der Waals surface area contributed by atoms with E-state index in [1.165, 1.54) is 24.9 Å². The number of likely N-dealkylation sites (N-methyl/N-ethyl adjacent to an activating group) is 1. The predicted octanol–water partition coefficient (Wildman–Crippen LogP) is 5.19. The van der Waals surface area contributed by atoms with Crippen LogP contribution < -0.4 is 9.47 Å². The first-order chi connectivity index (χ1) is 16.5. The molecular weight excluding hydrogens is 456 g/mol. The van der Waals surface area contributed by atoms with Crippen LogP contribution in [-0.2, 0) is 11.4 Å². The summed E-state index contributed by atoms with van der Waals surface area (Å²) in [7, 11) is 1.52. The van der Waals surface area contributed by atoms with E-state index >= 15 is 0 Å². The molecule has 8 nitrogen and oxygen atoms in total. The average Bonchev–Trinajstić information content (AvgIpc) is 3.43. The van der Waals surface area contributed by atoms with Crippen molar-refractivity contribution in [3.05, 3.63) is 82.7 Å². The van der Waals surface area contributed by atoms with Gasteiger partial charge in [-0.2, -0.15) is 0 Å². The number of methoxy groups -OCH3 is 1. The van der Waals surface area contributed by atoms with Crippen LogP contribution in [0.25, 0.3) is 6.08 Å². The molecule has 2 heterocycles. The summed E-state index contributed by atoms with van der Waals surface area (Å²) in [5.74, 6) is -0.0797. The minimum absolute atomic E-state index is 0.0448.